The summed E-state index contributed by atoms with van der Waals surface area (Å²) >= 11 is 3.12. The highest BCUT2D eigenvalue weighted by Crippen LogP contribution is 2.26. The first-order valence-electron chi connectivity index (χ1n) is 5.90. The summed E-state index contributed by atoms with van der Waals surface area (Å²) in [5.41, 5.74) is 0.413. The van der Waals surface area contributed by atoms with Gasteiger partial charge in [-0.15, -0.1) is 0 Å². The van der Waals surface area contributed by atoms with Crippen molar-refractivity contribution < 1.29 is 23.7 Å². The Morgan fingerprint density at radius 2 is 2.14 bits per heavy atom. The van der Waals surface area contributed by atoms with Gasteiger partial charge in [0.05, 0.1) is 22.4 Å². The molecule has 1 aromatic carbocycles. The van der Waals surface area contributed by atoms with Gasteiger partial charge in [-0.3, -0.25) is 14.9 Å². The fourth-order valence-electron chi connectivity index (χ4n) is 1.50. The molecule has 0 saturated heterocycles. The summed E-state index contributed by atoms with van der Waals surface area (Å²) in [6.07, 6.45) is 2.51. The Morgan fingerprint density at radius 1 is 1.36 bits per heavy atom. The monoisotopic (exact) mass is 368 g/mol. The summed E-state index contributed by atoms with van der Waals surface area (Å²) in [5.74, 6) is -1.27. The van der Waals surface area contributed by atoms with E-state index in [-0.39, 0.29) is 11.3 Å². The third-order valence-electron chi connectivity index (χ3n) is 2.53. The molecule has 1 amide bonds. The number of nitro groups is 1. The molecule has 1 N–H and O–H groups in total. The number of non-ortho nitro benzene ring substituents is 1. The number of nitrogens with one attached hydrogen (secondary N) is 1. The lowest BCUT2D eigenvalue weighted by Gasteiger charge is -2.07. The highest BCUT2D eigenvalue weighted by Gasteiger charge is 2.14. The van der Waals surface area contributed by atoms with Crippen molar-refractivity contribution in [1.29, 1.82) is 0 Å². The van der Waals surface area contributed by atoms with Crippen LogP contribution in [0.15, 0.2) is 45.7 Å². The van der Waals surface area contributed by atoms with Gasteiger partial charge in [-0.25, -0.2) is 4.79 Å². The van der Waals surface area contributed by atoms with Crippen LogP contribution in [-0.4, -0.2) is 23.4 Å². The molecule has 0 fully saturated rings. The topological polar surface area (TPSA) is 112 Å². The molecular formula is C13H9BrN2O6. The van der Waals surface area contributed by atoms with E-state index in [1.165, 1.54) is 36.8 Å². The summed E-state index contributed by atoms with van der Waals surface area (Å²) < 4.78 is 9.85. The van der Waals surface area contributed by atoms with Gasteiger partial charge in [0.25, 0.3) is 11.6 Å². The number of benzene rings is 1. The summed E-state index contributed by atoms with van der Waals surface area (Å²) in [5, 5.41) is 13.1. The van der Waals surface area contributed by atoms with Crippen LogP contribution in [0.2, 0.25) is 0 Å². The average Bonchev–Trinajstić information content (AvgIpc) is 3.01. The van der Waals surface area contributed by atoms with Crippen LogP contribution >= 0.6 is 15.9 Å². The van der Waals surface area contributed by atoms with Crippen molar-refractivity contribution in [2.24, 2.45) is 0 Å². The minimum atomic E-state index is -0.688. The first-order valence-corrected chi connectivity index (χ1v) is 6.70. The maximum atomic E-state index is 11.7. The zero-order valence-corrected chi connectivity index (χ0v) is 12.5. The molecule has 0 aliphatic carbocycles. The fraction of sp³-hybridized carbons (Fsp3) is 0.0769. The summed E-state index contributed by atoms with van der Waals surface area (Å²) in [6.45, 7) is -0.493. The van der Waals surface area contributed by atoms with E-state index in [1.54, 1.807) is 0 Å². The molecular weight excluding hydrogens is 360 g/mol. The lowest BCUT2D eigenvalue weighted by atomic mass is 10.3. The Morgan fingerprint density at radius 3 is 2.73 bits per heavy atom. The SMILES string of the molecule is O=C(COC(=O)c1ccoc1)Nc1ccc([N+](=O)[O-])cc1Br. The molecule has 8 nitrogen and oxygen atoms in total. The van der Waals surface area contributed by atoms with Crippen LogP contribution in [-0.2, 0) is 9.53 Å². The third kappa shape index (κ3) is 3.92. The summed E-state index contributed by atoms with van der Waals surface area (Å²) in [4.78, 5) is 33.3. The molecule has 0 atom stereocenters. The molecule has 0 spiro atoms. The number of esters is 1. The number of carbonyl (C=O) groups excluding carboxylic acids is 2. The Labute approximate surface area is 132 Å². The van der Waals surface area contributed by atoms with Gasteiger partial charge >= 0.3 is 5.97 Å². The summed E-state index contributed by atoms with van der Waals surface area (Å²) in [7, 11) is 0. The first kappa shape index (κ1) is 15.7. The highest BCUT2D eigenvalue weighted by atomic mass is 79.9. The number of ether oxygens (including phenoxy) is 1. The first-order chi connectivity index (χ1) is 10.5. The number of hydrogen-bond donors (Lipinski definition) is 1. The van der Waals surface area contributed by atoms with Gasteiger partial charge in [0.15, 0.2) is 6.61 Å². The number of furan rings is 1. The van der Waals surface area contributed by atoms with Gasteiger partial charge < -0.3 is 14.5 Å². The molecule has 1 heterocycles. The summed E-state index contributed by atoms with van der Waals surface area (Å²) in [6, 6.07) is 5.29. The Balaban J connectivity index is 1.92. The van der Waals surface area contributed by atoms with Crippen LogP contribution < -0.4 is 5.32 Å². The van der Waals surface area contributed by atoms with Crippen molar-refractivity contribution in [1.82, 2.24) is 0 Å². The van der Waals surface area contributed by atoms with E-state index in [1.807, 2.05) is 0 Å². The standard InChI is InChI=1S/C13H9BrN2O6/c14-10-5-9(16(19)20)1-2-11(10)15-12(17)7-22-13(18)8-3-4-21-6-8/h1-6H,7H2,(H,15,17). The zero-order valence-electron chi connectivity index (χ0n) is 10.9. The molecule has 2 aromatic rings. The van der Waals surface area contributed by atoms with Gasteiger partial charge in [0, 0.05) is 16.6 Å². The Bertz CT molecular complexity index is 713. The van der Waals surface area contributed by atoms with E-state index in [2.05, 4.69) is 21.2 Å². The van der Waals surface area contributed by atoms with Crippen LogP contribution in [0.5, 0.6) is 0 Å². The van der Waals surface area contributed by atoms with Crippen molar-refractivity contribution in [3.05, 3.63) is 56.9 Å². The highest BCUT2D eigenvalue weighted by molar-refractivity contribution is 9.10. The van der Waals surface area contributed by atoms with E-state index in [0.717, 1.165) is 0 Å². The molecule has 0 bridgehead atoms. The van der Waals surface area contributed by atoms with Crippen LogP contribution in [0.4, 0.5) is 11.4 Å². The van der Waals surface area contributed by atoms with E-state index < -0.39 is 23.4 Å². The second-order valence-corrected chi connectivity index (χ2v) is 4.91. The second-order valence-electron chi connectivity index (χ2n) is 4.06. The van der Waals surface area contributed by atoms with E-state index in [0.29, 0.717) is 10.2 Å². The average molecular weight is 369 g/mol. The molecule has 0 radical (unpaired) electrons. The van der Waals surface area contributed by atoms with Gasteiger partial charge in [-0.1, -0.05) is 0 Å². The maximum Gasteiger partial charge on any atom is 0.341 e. The zero-order chi connectivity index (χ0) is 16.1. The van der Waals surface area contributed by atoms with Crippen molar-refractivity contribution >= 4 is 39.2 Å². The van der Waals surface area contributed by atoms with Crippen molar-refractivity contribution in [3.63, 3.8) is 0 Å². The lowest BCUT2D eigenvalue weighted by molar-refractivity contribution is -0.384. The number of anilines is 1. The normalized spacial score (nSPS) is 10.0. The molecule has 0 unspecified atom stereocenters. The number of hydrogen-bond acceptors (Lipinski definition) is 6. The molecule has 0 saturated carbocycles. The number of nitro benzene ring substituents is 1. The van der Waals surface area contributed by atoms with Crippen molar-refractivity contribution in [3.8, 4) is 0 Å². The number of amides is 1. The minimum Gasteiger partial charge on any atom is -0.472 e. The van der Waals surface area contributed by atoms with Crippen molar-refractivity contribution in [2.45, 2.75) is 0 Å². The molecule has 0 aliphatic heterocycles. The van der Waals surface area contributed by atoms with Crippen LogP contribution in [0.1, 0.15) is 10.4 Å². The molecule has 114 valence electrons. The quantitative estimate of drug-likeness (QED) is 0.493. The largest absolute Gasteiger partial charge is 0.472 e. The van der Waals surface area contributed by atoms with Crippen LogP contribution in [0, 0.1) is 10.1 Å². The van der Waals surface area contributed by atoms with E-state index in [9.17, 15) is 19.7 Å². The second kappa shape index (κ2) is 6.85. The number of halogens is 1. The van der Waals surface area contributed by atoms with E-state index in [4.69, 9.17) is 9.15 Å². The predicted molar refractivity (Wildman–Crippen MR) is 78.4 cm³/mol. The number of rotatable bonds is 5. The fourth-order valence-corrected chi connectivity index (χ4v) is 1.97. The van der Waals surface area contributed by atoms with Crippen molar-refractivity contribution in [2.75, 3.05) is 11.9 Å². The van der Waals surface area contributed by atoms with Gasteiger partial charge in [0.2, 0.25) is 0 Å². The molecule has 1 aromatic heterocycles. The van der Waals surface area contributed by atoms with Gasteiger partial charge in [-0.2, -0.15) is 0 Å². The lowest BCUT2D eigenvalue weighted by Crippen LogP contribution is -2.21. The smallest absolute Gasteiger partial charge is 0.341 e. The molecule has 22 heavy (non-hydrogen) atoms. The molecule has 2 rings (SSSR count). The van der Waals surface area contributed by atoms with Crippen LogP contribution in [0.25, 0.3) is 0 Å². The third-order valence-corrected chi connectivity index (χ3v) is 3.18. The maximum absolute atomic E-state index is 11.7. The predicted octanol–water partition coefficient (Wildman–Crippen LogP) is 2.75. The Hall–Kier alpha value is -2.68. The number of carbonyl (C=O) groups is 2. The van der Waals surface area contributed by atoms with E-state index >= 15 is 0 Å². The Kier molecular flexibility index (Phi) is 4.89. The number of nitrogens with zero attached hydrogens (tertiary/aromatic N) is 1. The van der Waals surface area contributed by atoms with Crippen LogP contribution in [0.3, 0.4) is 0 Å². The van der Waals surface area contributed by atoms with Gasteiger partial charge in [0.1, 0.15) is 6.26 Å². The minimum absolute atomic E-state index is 0.115. The van der Waals surface area contributed by atoms with Gasteiger partial charge in [-0.05, 0) is 28.1 Å². The molecule has 9 heteroatoms. The molecule has 0 aliphatic rings.